The highest BCUT2D eigenvalue weighted by atomic mass is 35.5. The molecule has 1 aromatic carbocycles. The number of rotatable bonds is 6. The molecule has 1 atom stereocenters. The van der Waals surface area contributed by atoms with Crippen molar-refractivity contribution in [3.8, 4) is 0 Å². The molecule has 0 radical (unpaired) electrons. The average Bonchev–Trinajstić information content (AvgIpc) is 2.30. The Labute approximate surface area is 115 Å². The molecule has 3 nitrogen and oxygen atoms in total. The zero-order valence-electron chi connectivity index (χ0n) is 11.0. The normalized spacial score (nSPS) is 13.6. The van der Waals surface area contributed by atoms with Crippen LogP contribution in [0.15, 0.2) is 23.1 Å². The maximum Gasteiger partial charge on any atom is 0.240 e. The van der Waals surface area contributed by atoms with Crippen LogP contribution in [0.2, 0.25) is 0 Å². The summed E-state index contributed by atoms with van der Waals surface area (Å²) in [6.45, 7) is 6.08. The number of benzene rings is 1. The number of alkyl halides is 1. The summed E-state index contributed by atoms with van der Waals surface area (Å²) in [6, 6.07) is 5.43. The Morgan fingerprint density at radius 2 is 2.00 bits per heavy atom. The number of hydrogen-bond acceptors (Lipinski definition) is 2. The average molecular weight is 290 g/mol. The molecule has 0 aliphatic rings. The van der Waals surface area contributed by atoms with Crippen molar-refractivity contribution in [3.63, 3.8) is 0 Å². The number of hydrogen-bond donors (Lipinski definition) is 1. The van der Waals surface area contributed by atoms with Crippen LogP contribution in [0.4, 0.5) is 0 Å². The molecular formula is C13H20ClNO2S. The van der Waals surface area contributed by atoms with Gasteiger partial charge in [-0.1, -0.05) is 19.1 Å². The lowest BCUT2D eigenvalue weighted by atomic mass is 10.1. The molecule has 0 spiro atoms. The van der Waals surface area contributed by atoms with Crippen LogP contribution >= 0.6 is 11.6 Å². The zero-order chi connectivity index (χ0) is 13.8. The summed E-state index contributed by atoms with van der Waals surface area (Å²) < 4.78 is 27.0. The smallest absolute Gasteiger partial charge is 0.211 e. The molecule has 1 rings (SSSR count). The van der Waals surface area contributed by atoms with E-state index in [-0.39, 0.29) is 5.92 Å². The summed E-state index contributed by atoms with van der Waals surface area (Å²) >= 11 is 5.63. The van der Waals surface area contributed by atoms with Gasteiger partial charge in [-0.25, -0.2) is 13.1 Å². The van der Waals surface area contributed by atoms with E-state index in [1.54, 1.807) is 13.0 Å². The summed E-state index contributed by atoms with van der Waals surface area (Å²) in [6.07, 6.45) is 0.802. The topological polar surface area (TPSA) is 46.2 Å². The lowest BCUT2D eigenvalue weighted by Gasteiger charge is -2.13. The van der Waals surface area contributed by atoms with E-state index in [2.05, 4.69) is 4.72 Å². The van der Waals surface area contributed by atoms with Crippen LogP contribution in [0.1, 0.15) is 24.5 Å². The molecule has 1 N–H and O–H groups in total. The minimum Gasteiger partial charge on any atom is -0.211 e. The summed E-state index contributed by atoms with van der Waals surface area (Å²) in [4.78, 5) is 0.362. The Morgan fingerprint density at radius 3 is 2.61 bits per heavy atom. The molecule has 1 unspecified atom stereocenters. The molecule has 102 valence electrons. The van der Waals surface area contributed by atoms with Crippen LogP contribution in [0, 0.1) is 19.8 Å². The van der Waals surface area contributed by atoms with Gasteiger partial charge in [0.05, 0.1) is 4.90 Å². The van der Waals surface area contributed by atoms with Crippen LogP contribution in [-0.2, 0) is 10.0 Å². The van der Waals surface area contributed by atoms with E-state index in [1.165, 1.54) is 0 Å². The molecular weight excluding hydrogens is 270 g/mol. The van der Waals surface area contributed by atoms with Crippen molar-refractivity contribution in [3.05, 3.63) is 29.3 Å². The van der Waals surface area contributed by atoms with Gasteiger partial charge in [-0.15, -0.1) is 11.6 Å². The molecule has 0 amide bonds. The van der Waals surface area contributed by atoms with Crippen molar-refractivity contribution in [2.75, 3.05) is 12.4 Å². The Kier molecular flexibility index (Phi) is 5.63. The first-order chi connectivity index (χ1) is 8.36. The molecule has 5 heteroatoms. The standard InChI is InChI=1S/C13H20ClNO2S/c1-10-4-5-12(3)13(8-10)18(16,17)15-9-11(2)6-7-14/h4-5,8,11,15H,6-7,9H2,1-3H3. The maximum atomic E-state index is 12.2. The van der Waals surface area contributed by atoms with Gasteiger partial charge in [-0.3, -0.25) is 0 Å². The van der Waals surface area contributed by atoms with Crippen LogP contribution in [0.3, 0.4) is 0 Å². The second-order valence-corrected chi connectivity index (χ2v) is 6.82. The predicted molar refractivity (Wildman–Crippen MR) is 75.6 cm³/mol. The fourth-order valence-electron chi connectivity index (χ4n) is 1.61. The Hall–Kier alpha value is -0.580. The van der Waals surface area contributed by atoms with Crippen LogP contribution in [-0.4, -0.2) is 20.8 Å². The third-order valence-corrected chi connectivity index (χ3v) is 4.64. The highest BCUT2D eigenvalue weighted by Gasteiger charge is 2.17. The van der Waals surface area contributed by atoms with Crippen molar-refractivity contribution in [1.82, 2.24) is 4.72 Å². The van der Waals surface area contributed by atoms with Crippen LogP contribution in [0.5, 0.6) is 0 Å². The van der Waals surface area contributed by atoms with Gasteiger partial charge in [0.2, 0.25) is 10.0 Å². The van der Waals surface area contributed by atoms with Gasteiger partial charge in [0.25, 0.3) is 0 Å². The molecule has 0 heterocycles. The number of aryl methyl sites for hydroxylation is 2. The van der Waals surface area contributed by atoms with E-state index in [0.717, 1.165) is 17.5 Å². The third-order valence-electron chi connectivity index (χ3n) is 2.86. The van der Waals surface area contributed by atoms with Gasteiger partial charge < -0.3 is 0 Å². The van der Waals surface area contributed by atoms with Gasteiger partial charge in [-0.05, 0) is 43.4 Å². The lowest BCUT2D eigenvalue weighted by Crippen LogP contribution is -2.29. The van der Waals surface area contributed by atoms with E-state index in [9.17, 15) is 8.42 Å². The first kappa shape index (κ1) is 15.5. The van der Waals surface area contributed by atoms with Crippen LogP contribution < -0.4 is 4.72 Å². The van der Waals surface area contributed by atoms with Gasteiger partial charge in [0.1, 0.15) is 0 Å². The van der Waals surface area contributed by atoms with Crippen molar-refractivity contribution in [2.24, 2.45) is 5.92 Å². The second kappa shape index (κ2) is 6.55. The van der Waals surface area contributed by atoms with E-state index in [4.69, 9.17) is 11.6 Å². The quantitative estimate of drug-likeness (QED) is 0.819. The largest absolute Gasteiger partial charge is 0.240 e. The fourth-order valence-corrected chi connectivity index (χ4v) is 3.48. The Bertz CT molecular complexity index is 500. The fraction of sp³-hybridized carbons (Fsp3) is 0.538. The minimum atomic E-state index is -3.42. The highest BCUT2D eigenvalue weighted by Crippen LogP contribution is 2.16. The highest BCUT2D eigenvalue weighted by molar-refractivity contribution is 7.89. The zero-order valence-corrected chi connectivity index (χ0v) is 12.6. The maximum absolute atomic E-state index is 12.2. The first-order valence-electron chi connectivity index (χ1n) is 5.99. The van der Waals surface area contributed by atoms with Crippen molar-refractivity contribution in [2.45, 2.75) is 32.1 Å². The van der Waals surface area contributed by atoms with Gasteiger partial charge in [0, 0.05) is 12.4 Å². The molecule has 0 saturated carbocycles. The molecule has 0 fully saturated rings. The van der Waals surface area contributed by atoms with Crippen molar-refractivity contribution in [1.29, 1.82) is 0 Å². The molecule has 0 aromatic heterocycles. The van der Waals surface area contributed by atoms with Gasteiger partial charge in [-0.2, -0.15) is 0 Å². The summed E-state index contributed by atoms with van der Waals surface area (Å²) in [5.74, 6) is 0.786. The van der Waals surface area contributed by atoms with E-state index in [1.807, 2.05) is 26.0 Å². The molecule has 1 aromatic rings. The third kappa shape index (κ3) is 4.26. The summed E-state index contributed by atoms with van der Waals surface area (Å²) in [7, 11) is -3.42. The van der Waals surface area contributed by atoms with Gasteiger partial charge >= 0.3 is 0 Å². The predicted octanol–water partition coefficient (Wildman–Crippen LogP) is 2.85. The molecule has 0 aliphatic heterocycles. The van der Waals surface area contributed by atoms with E-state index < -0.39 is 10.0 Å². The molecule has 0 aliphatic carbocycles. The first-order valence-corrected chi connectivity index (χ1v) is 8.01. The number of sulfonamides is 1. The van der Waals surface area contributed by atoms with E-state index >= 15 is 0 Å². The van der Waals surface area contributed by atoms with E-state index in [0.29, 0.717) is 17.3 Å². The number of nitrogens with one attached hydrogen (secondary N) is 1. The Balaban J connectivity index is 2.83. The summed E-state index contributed by atoms with van der Waals surface area (Å²) in [5.41, 5.74) is 1.70. The van der Waals surface area contributed by atoms with Gasteiger partial charge in [0.15, 0.2) is 0 Å². The Morgan fingerprint density at radius 1 is 1.33 bits per heavy atom. The monoisotopic (exact) mass is 289 g/mol. The van der Waals surface area contributed by atoms with Crippen molar-refractivity contribution >= 4 is 21.6 Å². The van der Waals surface area contributed by atoms with Crippen molar-refractivity contribution < 1.29 is 8.42 Å². The lowest BCUT2D eigenvalue weighted by molar-refractivity contribution is 0.530. The second-order valence-electron chi connectivity index (χ2n) is 4.70. The molecule has 0 bridgehead atoms. The van der Waals surface area contributed by atoms with Crippen LogP contribution in [0.25, 0.3) is 0 Å². The minimum absolute atomic E-state index is 0.238. The summed E-state index contributed by atoms with van der Waals surface area (Å²) in [5, 5.41) is 0. The number of halogens is 1. The molecule has 0 saturated heterocycles. The molecule has 18 heavy (non-hydrogen) atoms. The SMILES string of the molecule is Cc1ccc(C)c(S(=O)(=O)NCC(C)CCCl)c1.